The molecule has 30 heavy (non-hydrogen) atoms. The summed E-state index contributed by atoms with van der Waals surface area (Å²) in [5.74, 6) is 3.96. The van der Waals surface area contributed by atoms with Gasteiger partial charge in [-0.05, 0) is 19.4 Å². The Kier molecular flexibility index (Phi) is 8.41. The highest BCUT2D eigenvalue weighted by Crippen LogP contribution is 2.07. The van der Waals surface area contributed by atoms with E-state index in [0.717, 1.165) is 5.56 Å². The summed E-state index contributed by atoms with van der Waals surface area (Å²) in [5, 5.41) is 5.03. The minimum atomic E-state index is -0.848. The lowest BCUT2D eigenvalue weighted by atomic mass is 10.2. The first-order valence-electron chi connectivity index (χ1n) is 9.63. The van der Waals surface area contributed by atoms with Crippen LogP contribution in [0.15, 0.2) is 30.3 Å². The lowest BCUT2D eigenvalue weighted by Gasteiger charge is -2.34. The van der Waals surface area contributed by atoms with Crippen LogP contribution >= 0.6 is 0 Å². The van der Waals surface area contributed by atoms with Gasteiger partial charge in [-0.1, -0.05) is 30.3 Å². The quantitative estimate of drug-likeness (QED) is 0.278. The zero-order chi connectivity index (χ0) is 22.1. The van der Waals surface area contributed by atoms with E-state index in [1.807, 2.05) is 35.8 Å². The van der Waals surface area contributed by atoms with E-state index in [9.17, 15) is 19.2 Å². The number of rotatable bonds is 6. The Morgan fingerprint density at radius 1 is 0.933 bits per heavy atom. The molecule has 5 amide bonds. The summed E-state index contributed by atoms with van der Waals surface area (Å²) < 4.78 is 5.30. The average Bonchev–Trinajstić information content (AvgIpc) is 2.77. The number of carbonyl (C=O) groups excluding carboxylic acids is 4. The molecule has 0 unspecified atom stereocenters. The van der Waals surface area contributed by atoms with Gasteiger partial charge in [-0.25, -0.2) is 15.4 Å². The van der Waals surface area contributed by atoms with E-state index in [0.29, 0.717) is 26.2 Å². The van der Waals surface area contributed by atoms with Gasteiger partial charge in [0, 0.05) is 26.2 Å². The molecule has 1 aliphatic rings. The van der Waals surface area contributed by atoms with Crippen LogP contribution in [-0.4, -0.2) is 72.0 Å². The fourth-order valence-corrected chi connectivity index (χ4v) is 2.77. The number of nitrogens with one attached hydrogen (secondary N) is 3. The molecule has 5 N–H and O–H groups in total. The molecule has 11 heteroatoms. The summed E-state index contributed by atoms with van der Waals surface area (Å²) in [4.78, 5) is 51.1. The number of carbonyl (C=O) groups is 4. The van der Waals surface area contributed by atoms with Crippen molar-refractivity contribution < 1.29 is 23.9 Å². The van der Waals surface area contributed by atoms with E-state index < -0.39 is 36.0 Å². The maximum Gasteiger partial charge on any atom is 0.410 e. The first-order chi connectivity index (χ1) is 14.3. The van der Waals surface area contributed by atoms with Gasteiger partial charge in [-0.3, -0.25) is 15.0 Å². The standard InChI is InChI=1S/C19H28N6O5/c1-13(16(26)21-14(2)17(27)23-20)22-18(28)24-8-10-25(11-9-24)19(29)30-12-15-6-4-3-5-7-15/h3-7,13-14H,8-12,20H2,1-2H3,(H,21,26)(H,22,28)(H,23,27)/t13-,14-/m0/s1. The molecule has 2 rings (SSSR count). The molecule has 0 saturated carbocycles. The number of nitrogens with zero attached hydrogens (tertiary/aromatic N) is 2. The van der Waals surface area contributed by atoms with Crippen molar-refractivity contribution in [2.24, 2.45) is 5.84 Å². The number of hydrogen-bond donors (Lipinski definition) is 4. The van der Waals surface area contributed by atoms with Gasteiger partial charge in [0.2, 0.25) is 5.91 Å². The molecule has 11 nitrogen and oxygen atoms in total. The average molecular weight is 420 g/mol. The summed E-state index contributed by atoms with van der Waals surface area (Å²) >= 11 is 0. The van der Waals surface area contributed by atoms with Crippen molar-refractivity contribution >= 4 is 23.9 Å². The van der Waals surface area contributed by atoms with Gasteiger partial charge in [-0.15, -0.1) is 0 Å². The van der Waals surface area contributed by atoms with E-state index in [4.69, 9.17) is 10.6 Å². The lowest BCUT2D eigenvalue weighted by molar-refractivity contribution is -0.129. The fraction of sp³-hybridized carbons (Fsp3) is 0.474. The summed E-state index contributed by atoms with van der Waals surface area (Å²) in [6.07, 6.45) is -0.432. The Hall–Kier alpha value is -3.34. The Bertz CT molecular complexity index is 751. The second-order valence-corrected chi connectivity index (χ2v) is 6.92. The van der Waals surface area contributed by atoms with Crippen molar-refractivity contribution in [3.63, 3.8) is 0 Å². The highest BCUT2D eigenvalue weighted by molar-refractivity contribution is 5.91. The number of urea groups is 1. The van der Waals surface area contributed by atoms with Gasteiger partial charge in [0.1, 0.15) is 18.7 Å². The smallest absolute Gasteiger partial charge is 0.410 e. The van der Waals surface area contributed by atoms with Crippen LogP contribution in [0.5, 0.6) is 0 Å². The number of piperazine rings is 1. The number of hydrogen-bond acceptors (Lipinski definition) is 6. The van der Waals surface area contributed by atoms with Crippen molar-refractivity contribution in [3.8, 4) is 0 Å². The van der Waals surface area contributed by atoms with Gasteiger partial charge < -0.3 is 25.2 Å². The van der Waals surface area contributed by atoms with E-state index >= 15 is 0 Å². The largest absolute Gasteiger partial charge is 0.445 e. The zero-order valence-electron chi connectivity index (χ0n) is 17.1. The van der Waals surface area contributed by atoms with Crippen LogP contribution in [0.1, 0.15) is 19.4 Å². The first-order valence-corrected chi connectivity index (χ1v) is 9.63. The van der Waals surface area contributed by atoms with Crippen LogP contribution in [0, 0.1) is 0 Å². The summed E-state index contributed by atoms with van der Waals surface area (Å²) in [6, 6.07) is 7.27. The monoisotopic (exact) mass is 420 g/mol. The van der Waals surface area contributed by atoms with E-state index in [2.05, 4.69) is 10.6 Å². The minimum absolute atomic E-state index is 0.188. The summed E-state index contributed by atoms with van der Waals surface area (Å²) in [6.45, 7) is 4.46. The van der Waals surface area contributed by atoms with Crippen molar-refractivity contribution in [2.45, 2.75) is 32.5 Å². The molecule has 0 radical (unpaired) electrons. The third-order valence-corrected chi connectivity index (χ3v) is 4.66. The predicted octanol–water partition coefficient (Wildman–Crippen LogP) is -0.466. The number of benzene rings is 1. The van der Waals surface area contributed by atoms with Gasteiger partial charge in [0.05, 0.1) is 0 Å². The first kappa shape index (κ1) is 22.9. The van der Waals surface area contributed by atoms with Crippen LogP contribution in [-0.2, 0) is 20.9 Å². The summed E-state index contributed by atoms with van der Waals surface area (Å²) in [7, 11) is 0. The van der Waals surface area contributed by atoms with Crippen molar-refractivity contribution in [2.75, 3.05) is 26.2 Å². The molecule has 0 aromatic heterocycles. The number of ether oxygens (including phenoxy) is 1. The molecule has 1 heterocycles. The molecular weight excluding hydrogens is 392 g/mol. The number of amides is 5. The van der Waals surface area contributed by atoms with Crippen LogP contribution < -0.4 is 21.9 Å². The van der Waals surface area contributed by atoms with Crippen molar-refractivity contribution in [3.05, 3.63) is 35.9 Å². The minimum Gasteiger partial charge on any atom is -0.445 e. The van der Waals surface area contributed by atoms with Crippen molar-refractivity contribution in [1.29, 1.82) is 0 Å². The molecule has 1 aromatic carbocycles. The highest BCUT2D eigenvalue weighted by Gasteiger charge is 2.27. The number of hydrazine groups is 1. The molecular formula is C19H28N6O5. The molecule has 164 valence electrons. The van der Waals surface area contributed by atoms with Crippen molar-refractivity contribution in [1.82, 2.24) is 25.9 Å². The normalized spacial score (nSPS) is 15.6. The van der Waals surface area contributed by atoms with Crippen LogP contribution in [0.25, 0.3) is 0 Å². The predicted molar refractivity (Wildman–Crippen MR) is 108 cm³/mol. The third kappa shape index (κ3) is 6.62. The molecule has 1 saturated heterocycles. The van der Waals surface area contributed by atoms with Crippen LogP contribution in [0.3, 0.4) is 0 Å². The summed E-state index contributed by atoms with van der Waals surface area (Å²) in [5.41, 5.74) is 2.84. The fourth-order valence-electron chi connectivity index (χ4n) is 2.77. The Morgan fingerprint density at radius 3 is 2.10 bits per heavy atom. The van der Waals surface area contributed by atoms with E-state index in [-0.39, 0.29) is 6.61 Å². The second kappa shape index (κ2) is 11.0. The molecule has 0 spiro atoms. The third-order valence-electron chi connectivity index (χ3n) is 4.66. The molecule has 1 aromatic rings. The maximum absolute atomic E-state index is 12.4. The van der Waals surface area contributed by atoms with Gasteiger partial charge in [0.15, 0.2) is 0 Å². The SMILES string of the molecule is C[C@H](NC(=O)[C@H](C)NC(=O)N1CCN(C(=O)OCc2ccccc2)CC1)C(=O)NN. The highest BCUT2D eigenvalue weighted by atomic mass is 16.6. The van der Waals surface area contributed by atoms with E-state index in [1.54, 1.807) is 0 Å². The molecule has 1 fully saturated rings. The number of nitrogens with two attached hydrogens (primary N) is 1. The maximum atomic E-state index is 12.4. The molecule has 1 aliphatic heterocycles. The van der Waals surface area contributed by atoms with E-state index in [1.165, 1.54) is 23.6 Å². The van der Waals surface area contributed by atoms with Gasteiger partial charge in [0.25, 0.3) is 5.91 Å². The van der Waals surface area contributed by atoms with Crippen LogP contribution in [0.4, 0.5) is 9.59 Å². The Labute approximate surface area is 174 Å². The Morgan fingerprint density at radius 2 is 1.50 bits per heavy atom. The second-order valence-electron chi connectivity index (χ2n) is 6.92. The topological polar surface area (TPSA) is 146 Å². The molecule has 0 bridgehead atoms. The zero-order valence-corrected chi connectivity index (χ0v) is 17.1. The lowest BCUT2D eigenvalue weighted by Crippen LogP contribution is -2.57. The molecule has 0 aliphatic carbocycles. The molecule has 2 atom stereocenters. The van der Waals surface area contributed by atoms with Gasteiger partial charge >= 0.3 is 12.1 Å². The van der Waals surface area contributed by atoms with Crippen LogP contribution in [0.2, 0.25) is 0 Å². The Balaban J connectivity index is 1.73. The van der Waals surface area contributed by atoms with Gasteiger partial charge in [-0.2, -0.15) is 0 Å².